The van der Waals surface area contributed by atoms with Crippen LogP contribution in [0.15, 0.2) is 52.1 Å². The lowest BCUT2D eigenvalue weighted by Gasteiger charge is -2.19. The molecule has 6 heteroatoms. The van der Waals surface area contributed by atoms with E-state index in [1.165, 1.54) is 0 Å². The average molecular weight is 359 g/mol. The fraction of sp³-hybridized carbons (Fsp3) is 0.450. The van der Waals surface area contributed by atoms with Crippen molar-refractivity contribution in [3.8, 4) is 5.75 Å². The zero-order valence-electron chi connectivity index (χ0n) is 15.8. The molecule has 0 saturated heterocycles. The number of hydrogen-bond acceptors (Lipinski definition) is 4. The Kier molecular flexibility index (Phi) is 7.53. The van der Waals surface area contributed by atoms with Crippen molar-refractivity contribution in [2.45, 2.75) is 32.8 Å². The predicted molar refractivity (Wildman–Crippen MR) is 104 cm³/mol. The molecular weight excluding hydrogens is 330 g/mol. The molecule has 0 amide bonds. The van der Waals surface area contributed by atoms with E-state index in [0.717, 1.165) is 24.3 Å². The highest BCUT2D eigenvalue weighted by Gasteiger charge is 2.26. The SMILES string of the molecule is CCNC(=NCC(C)(O)c1ccco1)NCCc1ccccc1OCC. The first-order chi connectivity index (χ1) is 12.6. The first-order valence-corrected chi connectivity index (χ1v) is 9.06. The number of nitrogens with one attached hydrogen (secondary N) is 2. The summed E-state index contributed by atoms with van der Waals surface area (Å²) in [6, 6.07) is 11.5. The minimum Gasteiger partial charge on any atom is -0.494 e. The lowest BCUT2D eigenvalue weighted by Crippen LogP contribution is -2.39. The highest BCUT2D eigenvalue weighted by atomic mass is 16.5. The fourth-order valence-electron chi connectivity index (χ4n) is 2.56. The number of para-hydroxylation sites is 1. The highest BCUT2D eigenvalue weighted by molar-refractivity contribution is 5.79. The normalized spacial score (nSPS) is 13.9. The molecule has 0 fully saturated rings. The Labute approximate surface area is 155 Å². The fourth-order valence-corrected chi connectivity index (χ4v) is 2.56. The molecular formula is C20H29N3O3. The molecule has 2 rings (SSSR count). The maximum Gasteiger partial charge on any atom is 0.191 e. The maximum absolute atomic E-state index is 10.5. The van der Waals surface area contributed by atoms with Crippen LogP contribution < -0.4 is 15.4 Å². The number of hydrogen-bond donors (Lipinski definition) is 3. The summed E-state index contributed by atoms with van der Waals surface area (Å²) >= 11 is 0. The summed E-state index contributed by atoms with van der Waals surface area (Å²) < 4.78 is 11.0. The van der Waals surface area contributed by atoms with Gasteiger partial charge in [-0.25, -0.2) is 4.99 Å². The quantitative estimate of drug-likeness (QED) is 0.474. The monoisotopic (exact) mass is 359 g/mol. The Morgan fingerprint density at radius 1 is 1.19 bits per heavy atom. The van der Waals surface area contributed by atoms with Gasteiger partial charge in [0.25, 0.3) is 0 Å². The Hall–Kier alpha value is -2.47. The lowest BCUT2D eigenvalue weighted by atomic mass is 10.0. The lowest BCUT2D eigenvalue weighted by molar-refractivity contribution is 0.0437. The van der Waals surface area contributed by atoms with Gasteiger partial charge in [0, 0.05) is 13.1 Å². The van der Waals surface area contributed by atoms with Crippen molar-refractivity contribution in [2.24, 2.45) is 4.99 Å². The molecule has 1 unspecified atom stereocenters. The molecule has 0 radical (unpaired) electrons. The third-order valence-electron chi connectivity index (χ3n) is 3.90. The van der Waals surface area contributed by atoms with Crippen LogP contribution >= 0.6 is 0 Å². The van der Waals surface area contributed by atoms with Crippen molar-refractivity contribution in [1.29, 1.82) is 0 Å². The zero-order valence-corrected chi connectivity index (χ0v) is 15.8. The summed E-state index contributed by atoms with van der Waals surface area (Å²) in [5.74, 6) is 2.08. The van der Waals surface area contributed by atoms with Crippen LogP contribution in [-0.2, 0) is 12.0 Å². The molecule has 0 saturated carbocycles. The van der Waals surface area contributed by atoms with Crippen molar-refractivity contribution >= 4 is 5.96 Å². The van der Waals surface area contributed by atoms with Crippen molar-refractivity contribution in [2.75, 3.05) is 26.2 Å². The van der Waals surface area contributed by atoms with E-state index >= 15 is 0 Å². The van der Waals surface area contributed by atoms with Gasteiger partial charge in [-0.15, -0.1) is 0 Å². The smallest absolute Gasteiger partial charge is 0.191 e. The van der Waals surface area contributed by atoms with Gasteiger partial charge in [0.15, 0.2) is 5.96 Å². The van der Waals surface area contributed by atoms with Gasteiger partial charge in [-0.05, 0) is 51.0 Å². The molecule has 1 atom stereocenters. The van der Waals surface area contributed by atoms with Crippen LogP contribution in [0, 0.1) is 0 Å². The molecule has 0 bridgehead atoms. The van der Waals surface area contributed by atoms with Crippen LogP contribution in [0.2, 0.25) is 0 Å². The summed E-state index contributed by atoms with van der Waals surface area (Å²) in [5, 5.41) is 17.0. The van der Waals surface area contributed by atoms with Crippen LogP contribution in [0.4, 0.5) is 0 Å². The molecule has 6 nitrogen and oxygen atoms in total. The third-order valence-corrected chi connectivity index (χ3v) is 3.90. The largest absolute Gasteiger partial charge is 0.494 e. The second-order valence-electron chi connectivity index (χ2n) is 6.16. The van der Waals surface area contributed by atoms with E-state index < -0.39 is 5.60 Å². The number of benzene rings is 1. The summed E-state index contributed by atoms with van der Waals surface area (Å²) in [6.07, 6.45) is 2.36. The zero-order chi connectivity index (χ0) is 18.8. The van der Waals surface area contributed by atoms with Gasteiger partial charge >= 0.3 is 0 Å². The second-order valence-corrected chi connectivity index (χ2v) is 6.16. The number of furan rings is 1. The van der Waals surface area contributed by atoms with Crippen molar-refractivity contribution in [3.63, 3.8) is 0 Å². The number of aliphatic imine (C=N–C) groups is 1. The van der Waals surface area contributed by atoms with Crippen LogP contribution in [0.25, 0.3) is 0 Å². The standard InChI is InChI=1S/C20H29N3O3/c1-4-21-19(23-15-20(3,24)18-11-8-14-26-18)22-13-12-16-9-6-7-10-17(16)25-5-2/h6-11,14,24H,4-5,12-13,15H2,1-3H3,(H2,21,22,23). The molecule has 0 spiro atoms. The van der Waals surface area contributed by atoms with E-state index in [2.05, 4.69) is 21.7 Å². The van der Waals surface area contributed by atoms with Crippen LogP contribution in [0.5, 0.6) is 5.75 Å². The maximum atomic E-state index is 10.5. The Bertz CT molecular complexity index is 681. The van der Waals surface area contributed by atoms with Crippen molar-refractivity contribution in [3.05, 3.63) is 54.0 Å². The summed E-state index contributed by atoms with van der Waals surface area (Å²) in [4.78, 5) is 4.48. The number of guanidine groups is 1. The Balaban J connectivity index is 1.94. The summed E-state index contributed by atoms with van der Waals surface area (Å²) in [6.45, 7) is 7.98. The van der Waals surface area contributed by atoms with Gasteiger partial charge in [-0.1, -0.05) is 18.2 Å². The summed E-state index contributed by atoms with van der Waals surface area (Å²) in [7, 11) is 0. The van der Waals surface area contributed by atoms with Gasteiger partial charge in [0.2, 0.25) is 0 Å². The molecule has 142 valence electrons. The van der Waals surface area contributed by atoms with Crippen molar-refractivity contribution < 1.29 is 14.3 Å². The minimum absolute atomic E-state index is 0.200. The number of aliphatic hydroxyl groups is 1. The minimum atomic E-state index is -1.15. The van der Waals surface area contributed by atoms with Crippen molar-refractivity contribution in [1.82, 2.24) is 10.6 Å². The van der Waals surface area contributed by atoms with E-state index in [0.29, 0.717) is 24.9 Å². The van der Waals surface area contributed by atoms with E-state index in [9.17, 15) is 5.11 Å². The number of rotatable bonds is 9. The molecule has 26 heavy (non-hydrogen) atoms. The second kappa shape index (κ2) is 9.87. The highest BCUT2D eigenvalue weighted by Crippen LogP contribution is 2.21. The van der Waals surface area contributed by atoms with E-state index in [1.807, 2.05) is 32.0 Å². The summed E-state index contributed by atoms with van der Waals surface area (Å²) in [5.41, 5.74) is 0.00762. The molecule has 1 heterocycles. The molecule has 2 aromatic rings. The van der Waals surface area contributed by atoms with E-state index in [4.69, 9.17) is 9.15 Å². The van der Waals surface area contributed by atoms with Crippen LogP contribution in [-0.4, -0.2) is 37.3 Å². The molecule has 0 aliphatic heterocycles. The molecule has 0 aliphatic rings. The van der Waals surface area contributed by atoms with Crippen LogP contribution in [0.1, 0.15) is 32.1 Å². The molecule has 0 aliphatic carbocycles. The molecule has 1 aromatic carbocycles. The molecule has 3 N–H and O–H groups in total. The van der Waals surface area contributed by atoms with Gasteiger partial charge in [-0.3, -0.25) is 0 Å². The Morgan fingerprint density at radius 2 is 2.00 bits per heavy atom. The third kappa shape index (κ3) is 5.81. The average Bonchev–Trinajstić information content (AvgIpc) is 3.17. The van der Waals surface area contributed by atoms with Gasteiger partial charge in [0.05, 0.1) is 19.4 Å². The Morgan fingerprint density at radius 3 is 2.69 bits per heavy atom. The van der Waals surface area contributed by atoms with E-state index in [1.54, 1.807) is 25.3 Å². The van der Waals surface area contributed by atoms with E-state index in [-0.39, 0.29) is 6.54 Å². The topological polar surface area (TPSA) is 79.0 Å². The first-order valence-electron chi connectivity index (χ1n) is 9.06. The van der Waals surface area contributed by atoms with Crippen LogP contribution in [0.3, 0.4) is 0 Å². The molecule has 1 aromatic heterocycles. The predicted octanol–water partition coefficient (Wildman–Crippen LogP) is 2.68. The number of ether oxygens (including phenoxy) is 1. The number of nitrogens with zero attached hydrogens (tertiary/aromatic N) is 1. The first kappa shape index (κ1) is 19.8. The van der Waals surface area contributed by atoms with Gasteiger partial charge < -0.3 is 24.9 Å². The van der Waals surface area contributed by atoms with Gasteiger partial charge in [-0.2, -0.15) is 0 Å². The van der Waals surface area contributed by atoms with Gasteiger partial charge in [0.1, 0.15) is 17.1 Å².